The van der Waals surface area contributed by atoms with Gasteiger partial charge in [0.1, 0.15) is 12.0 Å². The zero-order chi connectivity index (χ0) is 16.4. The topological polar surface area (TPSA) is 65.1 Å². The summed E-state index contributed by atoms with van der Waals surface area (Å²) in [7, 11) is 1.77. The quantitative estimate of drug-likeness (QED) is 0.799. The second-order valence-electron chi connectivity index (χ2n) is 5.90. The van der Waals surface area contributed by atoms with Crippen LogP contribution in [0.5, 0.6) is 0 Å². The van der Waals surface area contributed by atoms with Gasteiger partial charge < -0.3 is 19.0 Å². The molecule has 2 aromatic heterocycles. The third kappa shape index (κ3) is 2.74. The minimum Gasteiger partial charge on any atom is -0.444 e. The van der Waals surface area contributed by atoms with Crippen LogP contribution in [0.15, 0.2) is 53.4 Å². The van der Waals surface area contributed by atoms with Gasteiger partial charge in [-0.2, -0.15) is 0 Å². The van der Waals surface area contributed by atoms with Crippen LogP contribution in [0.4, 0.5) is 0 Å². The number of imidazole rings is 1. The van der Waals surface area contributed by atoms with E-state index in [2.05, 4.69) is 19.9 Å². The van der Waals surface area contributed by atoms with Crippen LogP contribution in [0.25, 0.3) is 23.0 Å². The van der Waals surface area contributed by atoms with E-state index in [0.717, 1.165) is 36.6 Å². The van der Waals surface area contributed by atoms with E-state index in [1.807, 2.05) is 36.5 Å². The van der Waals surface area contributed by atoms with Gasteiger partial charge in [-0.1, -0.05) is 18.2 Å². The van der Waals surface area contributed by atoms with Crippen molar-refractivity contribution in [3.05, 3.63) is 49.0 Å². The summed E-state index contributed by atoms with van der Waals surface area (Å²) in [6.07, 6.45) is 6.59. The van der Waals surface area contributed by atoms with Crippen LogP contribution in [0.3, 0.4) is 0 Å². The molecule has 0 amide bonds. The molecule has 2 atom stereocenters. The molecule has 1 saturated heterocycles. The number of hydrogen-bond acceptors (Lipinski definition) is 5. The SMILES string of the molecule is COC1CCNCC1n1ccnc1-c1coc(-c2ccccc2)n1. The molecule has 0 bridgehead atoms. The van der Waals surface area contributed by atoms with Crippen LogP contribution >= 0.6 is 0 Å². The van der Waals surface area contributed by atoms with Gasteiger partial charge in [-0.15, -0.1) is 0 Å². The second kappa shape index (κ2) is 6.59. The van der Waals surface area contributed by atoms with Gasteiger partial charge >= 0.3 is 0 Å². The minimum absolute atomic E-state index is 0.166. The van der Waals surface area contributed by atoms with Gasteiger partial charge in [0.15, 0.2) is 5.82 Å². The Morgan fingerprint density at radius 3 is 3.00 bits per heavy atom. The highest BCUT2D eigenvalue weighted by atomic mass is 16.5. The Hall–Kier alpha value is -2.44. The van der Waals surface area contributed by atoms with Crippen molar-refractivity contribution in [2.75, 3.05) is 20.2 Å². The number of methoxy groups -OCH3 is 1. The maximum Gasteiger partial charge on any atom is 0.226 e. The van der Waals surface area contributed by atoms with Gasteiger partial charge in [0.2, 0.25) is 5.89 Å². The summed E-state index contributed by atoms with van der Waals surface area (Å²) >= 11 is 0. The van der Waals surface area contributed by atoms with Crippen molar-refractivity contribution < 1.29 is 9.15 Å². The summed E-state index contributed by atoms with van der Waals surface area (Å²) in [5, 5.41) is 3.42. The van der Waals surface area contributed by atoms with Gasteiger partial charge in [0.05, 0.1) is 12.1 Å². The fourth-order valence-electron chi connectivity index (χ4n) is 3.24. The Labute approximate surface area is 140 Å². The molecular formula is C18H20N4O2. The molecule has 0 radical (unpaired) electrons. The Balaban J connectivity index is 1.67. The highest BCUT2D eigenvalue weighted by Gasteiger charge is 2.28. The number of benzene rings is 1. The number of hydrogen-bond donors (Lipinski definition) is 1. The molecule has 4 rings (SSSR count). The third-order valence-electron chi connectivity index (χ3n) is 4.47. The van der Waals surface area contributed by atoms with Crippen molar-refractivity contribution in [1.82, 2.24) is 19.9 Å². The fraction of sp³-hybridized carbons (Fsp3) is 0.333. The zero-order valence-corrected chi connectivity index (χ0v) is 13.6. The Kier molecular flexibility index (Phi) is 4.15. The van der Waals surface area contributed by atoms with Crippen LogP contribution < -0.4 is 5.32 Å². The van der Waals surface area contributed by atoms with E-state index < -0.39 is 0 Å². The molecule has 1 aliphatic rings. The second-order valence-corrected chi connectivity index (χ2v) is 5.90. The first-order valence-corrected chi connectivity index (χ1v) is 8.14. The van der Waals surface area contributed by atoms with Gasteiger partial charge in [0, 0.05) is 31.6 Å². The molecule has 24 heavy (non-hydrogen) atoms. The molecule has 6 heteroatoms. The smallest absolute Gasteiger partial charge is 0.226 e. The molecule has 3 heterocycles. The number of nitrogens with zero attached hydrogens (tertiary/aromatic N) is 3. The van der Waals surface area contributed by atoms with Crippen LogP contribution in [0.2, 0.25) is 0 Å². The standard InChI is InChI=1S/C18H20N4O2/c1-23-16-7-8-19-11-15(16)22-10-9-20-17(22)14-12-24-18(21-14)13-5-3-2-4-6-13/h2-6,9-10,12,15-16,19H,7-8,11H2,1H3. The molecule has 3 aromatic rings. The first kappa shape index (κ1) is 15.1. The molecule has 0 saturated carbocycles. The number of piperidine rings is 1. The molecule has 2 unspecified atom stereocenters. The van der Waals surface area contributed by atoms with Gasteiger partial charge in [0.25, 0.3) is 0 Å². The normalized spacial score (nSPS) is 21.0. The van der Waals surface area contributed by atoms with Gasteiger partial charge in [-0.25, -0.2) is 9.97 Å². The summed E-state index contributed by atoms with van der Waals surface area (Å²) < 4.78 is 13.5. The summed E-state index contributed by atoms with van der Waals surface area (Å²) in [6, 6.07) is 10.1. The lowest BCUT2D eigenvalue weighted by molar-refractivity contribution is 0.0365. The summed E-state index contributed by atoms with van der Waals surface area (Å²) in [6.45, 7) is 1.83. The van der Waals surface area contributed by atoms with E-state index in [1.165, 1.54) is 0 Å². The summed E-state index contributed by atoms with van der Waals surface area (Å²) in [5.41, 5.74) is 1.69. The monoisotopic (exact) mass is 324 g/mol. The van der Waals surface area contributed by atoms with Crippen molar-refractivity contribution in [3.63, 3.8) is 0 Å². The van der Waals surface area contributed by atoms with Crippen LogP contribution in [-0.2, 0) is 4.74 Å². The zero-order valence-electron chi connectivity index (χ0n) is 13.6. The first-order valence-electron chi connectivity index (χ1n) is 8.14. The largest absolute Gasteiger partial charge is 0.444 e. The average molecular weight is 324 g/mol. The Morgan fingerprint density at radius 2 is 2.17 bits per heavy atom. The number of ether oxygens (including phenoxy) is 1. The molecular weight excluding hydrogens is 304 g/mol. The number of nitrogens with one attached hydrogen (secondary N) is 1. The molecule has 1 aliphatic heterocycles. The maximum atomic E-state index is 5.66. The summed E-state index contributed by atoms with van der Waals surface area (Å²) in [5.74, 6) is 1.40. The predicted octanol–water partition coefficient (Wildman–Crippen LogP) is 2.75. The fourth-order valence-corrected chi connectivity index (χ4v) is 3.24. The number of rotatable bonds is 4. The average Bonchev–Trinajstić information content (AvgIpc) is 3.31. The van der Waals surface area contributed by atoms with Crippen molar-refractivity contribution in [1.29, 1.82) is 0 Å². The van der Waals surface area contributed by atoms with E-state index in [1.54, 1.807) is 19.6 Å². The summed E-state index contributed by atoms with van der Waals surface area (Å²) in [4.78, 5) is 9.11. The van der Waals surface area contributed by atoms with Crippen LogP contribution in [-0.4, -0.2) is 40.8 Å². The van der Waals surface area contributed by atoms with E-state index in [9.17, 15) is 0 Å². The molecule has 124 valence electrons. The lowest BCUT2D eigenvalue weighted by Gasteiger charge is -2.32. The van der Waals surface area contributed by atoms with Crippen molar-refractivity contribution in [2.45, 2.75) is 18.6 Å². The highest BCUT2D eigenvalue weighted by Crippen LogP contribution is 2.28. The predicted molar refractivity (Wildman–Crippen MR) is 90.5 cm³/mol. The maximum absolute atomic E-state index is 5.66. The molecule has 1 aromatic carbocycles. The lowest BCUT2D eigenvalue weighted by atomic mass is 10.0. The lowest BCUT2D eigenvalue weighted by Crippen LogP contribution is -2.42. The third-order valence-corrected chi connectivity index (χ3v) is 4.47. The van der Waals surface area contributed by atoms with Crippen molar-refractivity contribution >= 4 is 0 Å². The van der Waals surface area contributed by atoms with E-state index >= 15 is 0 Å². The van der Waals surface area contributed by atoms with E-state index in [4.69, 9.17) is 9.15 Å². The molecule has 0 aliphatic carbocycles. The molecule has 0 spiro atoms. The van der Waals surface area contributed by atoms with Crippen molar-refractivity contribution in [2.24, 2.45) is 0 Å². The first-order chi connectivity index (χ1) is 11.9. The van der Waals surface area contributed by atoms with Crippen molar-refractivity contribution in [3.8, 4) is 23.0 Å². The van der Waals surface area contributed by atoms with Gasteiger partial charge in [-0.05, 0) is 25.1 Å². The molecule has 6 nitrogen and oxygen atoms in total. The number of aromatic nitrogens is 3. The molecule has 1 N–H and O–H groups in total. The van der Waals surface area contributed by atoms with E-state index in [0.29, 0.717) is 5.89 Å². The Bertz CT molecular complexity index is 796. The van der Waals surface area contributed by atoms with Gasteiger partial charge in [-0.3, -0.25) is 0 Å². The minimum atomic E-state index is 0.166. The van der Waals surface area contributed by atoms with Crippen LogP contribution in [0.1, 0.15) is 12.5 Å². The van der Waals surface area contributed by atoms with Crippen LogP contribution in [0, 0.1) is 0 Å². The Morgan fingerprint density at radius 1 is 1.29 bits per heavy atom. The highest BCUT2D eigenvalue weighted by molar-refractivity contribution is 5.58. The van der Waals surface area contributed by atoms with E-state index in [-0.39, 0.29) is 12.1 Å². The molecule has 1 fully saturated rings. The number of oxazole rings is 1.